The van der Waals surface area contributed by atoms with Gasteiger partial charge >= 0.3 is 0 Å². The number of hydrogen-bond acceptors (Lipinski definition) is 1. The van der Waals surface area contributed by atoms with Crippen LogP contribution in [-0.2, 0) is 10.8 Å². The van der Waals surface area contributed by atoms with Gasteiger partial charge in [0.25, 0.3) is 0 Å². The molecule has 1 nitrogen and oxygen atoms in total. The van der Waals surface area contributed by atoms with Crippen molar-refractivity contribution in [2.45, 2.75) is 44.9 Å². The molecule has 88 valence electrons. The molecule has 2 N–H and O–H groups in total. The first-order chi connectivity index (χ1) is 7.38. The van der Waals surface area contributed by atoms with Crippen LogP contribution in [0.1, 0.15) is 45.2 Å². The quantitative estimate of drug-likeness (QED) is 0.808. The van der Waals surface area contributed by atoms with Crippen molar-refractivity contribution in [1.29, 1.82) is 0 Å². The van der Waals surface area contributed by atoms with Gasteiger partial charge in [-0.25, -0.2) is 0 Å². The maximum atomic E-state index is 5.75. The molecule has 1 aromatic rings. The van der Waals surface area contributed by atoms with Gasteiger partial charge in [-0.1, -0.05) is 52.0 Å². The fourth-order valence-electron chi connectivity index (χ4n) is 2.50. The van der Waals surface area contributed by atoms with Gasteiger partial charge in [-0.05, 0) is 40.8 Å². The maximum Gasteiger partial charge on any atom is -0.00313 e. The van der Waals surface area contributed by atoms with Gasteiger partial charge in [-0.3, -0.25) is 0 Å². The lowest BCUT2D eigenvalue weighted by Gasteiger charge is -2.20. The van der Waals surface area contributed by atoms with Crippen LogP contribution in [0.5, 0.6) is 0 Å². The van der Waals surface area contributed by atoms with Gasteiger partial charge in [-0.15, -0.1) is 0 Å². The van der Waals surface area contributed by atoms with Crippen molar-refractivity contribution in [3.8, 4) is 0 Å². The standard InChI is InChI=1S/C15H23N/c1-14(2,3)11-5-7-12(8-6-11)15(4)9-13(15)10-16/h5-8,13H,9-10,16H2,1-4H3. The van der Waals surface area contributed by atoms with Crippen molar-refractivity contribution in [1.82, 2.24) is 0 Å². The summed E-state index contributed by atoms with van der Waals surface area (Å²) >= 11 is 0. The molecule has 0 heterocycles. The van der Waals surface area contributed by atoms with E-state index < -0.39 is 0 Å². The first-order valence-corrected chi connectivity index (χ1v) is 6.19. The van der Waals surface area contributed by atoms with Crippen LogP contribution in [0.25, 0.3) is 0 Å². The smallest absolute Gasteiger partial charge is 0.00313 e. The Labute approximate surface area is 99.0 Å². The second-order valence-electron chi connectivity index (χ2n) is 6.38. The van der Waals surface area contributed by atoms with E-state index >= 15 is 0 Å². The fourth-order valence-corrected chi connectivity index (χ4v) is 2.50. The zero-order chi connectivity index (χ0) is 12.0. The summed E-state index contributed by atoms with van der Waals surface area (Å²) in [5, 5.41) is 0. The van der Waals surface area contributed by atoms with Gasteiger partial charge in [0.1, 0.15) is 0 Å². The van der Waals surface area contributed by atoms with Gasteiger partial charge in [0, 0.05) is 0 Å². The van der Waals surface area contributed by atoms with Gasteiger partial charge < -0.3 is 5.73 Å². The first-order valence-electron chi connectivity index (χ1n) is 6.19. The second-order valence-corrected chi connectivity index (χ2v) is 6.38. The lowest BCUT2D eigenvalue weighted by atomic mass is 9.85. The van der Waals surface area contributed by atoms with Crippen LogP contribution in [0.3, 0.4) is 0 Å². The van der Waals surface area contributed by atoms with Gasteiger partial charge in [0.05, 0.1) is 0 Å². The largest absolute Gasteiger partial charge is 0.330 e. The average Bonchev–Trinajstić information content (AvgIpc) is 2.90. The summed E-state index contributed by atoms with van der Waals surface area (Å²) in [7, 11) is 0. The predicted octanol–water partition coefficient (Wildman–Crippen LogP) is 3.22. The van der Waals surface area contributed by atoms with Crippen molar-refractivity contribution in [3.05, 3.63) is 35.4 Å². The molecule has 0 amide bonds. The van der Waals surface area contributed by atoms with Crippen LogP contribution in [0.4, 0.5) is 0 Å². The lowest BCUT2D eigenvalue weighted by molar-refractivity contribution is 0.588. The van der Waals surface area contributed by atoms with E-state index in [1.54, 1.807) is 0 Å². The van der Waals surface area contributed by atoms with E-state index in [-0.39, 0.29) is 5.41 Å². The molecule has 1 aromatic carbocycles. The summed E-state index contributed by atoms with van der Waals surface area (Å²) < 4.78 is 0. The van der Waals surface area contributed by atoms with E-state index in [0.717, 1.165) is 6.54 Å². The van der Waals surface area contributed by atoms with Crippen LogP contribution >= 0.6 is 0 Å². The molecule has 0 spiro atoms. The molecule has 2 rings (SSSR count). The Bertz CT molecular complexity index is 371. The van der Waals surface area contributed by atoms with E-state index in [1.165, 1.54) is 17.5 Å². The highest BCUT2D eigenvalue weighted by molar-refractivity contribution is 5.36. The Balaban J connectivity index is 2.21. The zero-order valence-corrected chi connectivity index (χ0v) is 10.9. The molecular formula is C15H23N. The summed E-state index contributed by atoms with van der Waals surface area (Å²) in [4.78, 5) is 0. The highest BCUT2D eigenvalue weighted by atomic mass is 14.7. The summed E-state index contributed by atoms with van der Waals surface area (Å²) in [5.41, 5.74) is 9.21. The van der Waals surface area contributed by atoms with Crippen LogP contribution < -0.4 is 5.73 Å². The molecule has 0 saturated heterocycles. The van der Waals surface area contributed by atoms with Crippen molar-refractivity contribution in [3.63, 3.8) is 0 Å². The predicted molar refractivity (Wildman–Crippen MR) is 69.7 cm³/mol. The summed E-state index contributed by atoms with van der Waals surface area (Å²) in [6, 6.07) is 9.12. The van der Waals surface area contributed by atoms with Gasteiger partial charge in [-0.2, -0.15) is 0 Å². The first kappa shape index (κ1) is 11.7. The van der Waals surface area contributed by atoms with E-state index in [1.807, 2.05) is 0 Å². The molecule has 1 aliphatic rings. The van der Waals surface area contributed by atoms with E-state index in [2.05, 4.69) is 52.0 Å². The SMILES string of the molecule is CC(C)(C)c1ccc(C2(C)CC2CN)cc1. The molecule has 2 atom stereocenters. The minimum Gasteiger partial charge on any atom is -0.330 e. The van der Waals surface area contributed by atoms with Crippen molar-refractivity contribution < 1.29 is 0 Å². The molecule has 0 aromatic heterocycles. The summed E-state index contributed by atoms with van der Waals surface area (Å²) in [6.07, 6.45) is 1.25. The Morgan fingerprint density at radius 1 is 1.25 bits per heavy atom. The highest BCUT2D eigenvalue weighted by Crippen LogP contribution is 2.53. The summed E-state index contributed by atoms with van der Waals surface area (Å²) in [5.74, 6) is 0.688. The number of hydrogen-bond donors (Lipinski definition) is 1. The van der Waals surface area contributed by atoms with E-state index in [9.17, 15) is 0 Å². The van der Waals surface area contributed by atoms with Crippen LogP contribution in [0.15, 0.2) is 24.3 Å². The van der Waals surface area contributed by atoms with Gasteiger partial charge in [0.15, 0.2) is 0 Å². The van der Waals surface area contributed by atoms with Crippen molar-refractivity contribution >= 4 is 0 Å². The third-order valence-electron chi connectivity index (χ3n) is 4.11. The Kier molecular flexibility index (Phi) is 2.62. The normalized spacial score (nSPS) is 29.2. The zero-order valence-electron chi connectivity index (χ0n) is 10.9. The van der Waals surface area contributed by atoms with Gasteiger partial charge in [0.2, 0.25) is 0 Å². The minimum atomic E-state index is 0.246. The molecule has 0 aliphatic heterocycles. The number of nitrogens with two attached hydrogens (primary N) is 1. The Hall–Kier alpha value is -0.820. The minimum absolute atomic E-state index is 0.246. The van der Waals surface area contributed by atoms with Crippen LogP contribution in [0.2, 0.25) is 0 Å². The topological polar surface area (TPSA) is 26.0 Å². The highest BCUT2D eigenvalue weighted by Gasteiger charge is 2.49. The van der Waals surface area contributed by atoms with Crippen LogP contribution in [0, 0.1) is 5.92 Å². The number of benzene rings is 1. The molecule has 0 radical (unpaired) electrons. The molecule has 2 unspecified atom stereocenters. The Morgan fingerprint density at radius 3 is 2.19 bits per heavy atom. The molecular weight excluding hydrogens is 194 g/mol. The summed E-state index contributed by atoms with van der Waals surface area (Å²) in [6.45, 7) is 9.91. The van der Waals surface area contributed by atoms with E-state index in [4.69, 9.17) is 5.73 Å². The monoisotopic (exact) mass is 217 g/mol. The molecule has 16 heavy (non-hydrogen) atoms. The fraction of sp³-hybridized carbons (Fsp3) is 0.600. The third kappa shape index (κ3) is 1.89. The van der Waals surface area contributed by atoms with Crippen LogP contribution in [-0.4, -0.2) is 6.54 Å². The maximum absolute atomic E-state index is 5.75. The average molecular weight is 217 g/mol. The molecule has 1 heteroatoms. The third-order valence-corrected chi connectivity index (χ3v) is 4.11. The molecule has 1 saturated carbocycles. The van der Waals surface area contributed by atoms with Crippen molar-refractivity contribution in [2.75, 3.05) is 6.54 Å². The molecule has 1 fully saturated rings. The second kappa shape index (κ2) is 3.59. The Morgan fingerprint density at radius 2 is 1.81 bits per heavy atom. The molecule has 1 aliphatic carbocycles. The molecule has 0 bridgehead atoms. The number of rotatable bonds is 2. The van der Waals surface area contributed by atoms with E-state index in [0.29, 0.717) is 11.3 Å². The van der Waals surface area contributed by atoms with Crippen molar-refractivity contribution in [2.24, 2.45) is 11.7 Å². The lowest BCUT2D eigenvalue weighted by Crippen LogP contribution is -2.14.